The van der Waals surface area contributed by atoms with E-state index in [0.29, 0.717) is 31.2 Å². The van der Waals surface area contributed by atoms with Crippen molar-refractivity contribution < 1.29 is 13.2 Å². The van der Waals surface area contributed by atoms with Gasteiger partial charge in [-0.15, -0.1) is 0 Å². The molecule has 1 aromatic carbocycles. The highest BCUT2D eigenvalue weighted by molar-refractivity contribution is 7.89. The van der Waals surface area contributed by atoms with E-state index in [0.717, 1.165) is 12.0 Å². The smallest absolute Gasteiger partial charge is 0.243 e. The summed E-state index contributed by atoms with van der Waals surface area (Å²) in [6.45, 7) is 3.74. The minimum absolute atomic E-state index is 0.123. The molecule has 0 spiro atoms. The maximum Gasteiger partial charge on any atom is 0.243 e. The van der Waals surface area contributed by atoms with Crippen LogP contribution in [-0.2, 0) is 21.2 Å². The van der Waals surface area contributed by atoms with Crippen molar-refractivity contribution >= 4 is 10.0 Å². The molecule has 0 aromatic heterocycles. The Morgan fingerprint density at radius 3 is 2.63 bits per heavy atom. The predicted octanol–water partition coefficient (Wildman–Crippen LogP) is 0.597. The first-order chi connectivity index (χ1) is 9.05. The Kier molecular flexibility index (Phi) is 4.57. The number of rotatable bonds is 4. The van der Waals surface area contributed by atoms with Crippen molar-refractivity contribution in [3.8, 4) is 0 Å². The minimum atomic E-state index is -3.42. The van der Waals surface area contributed by atoms with Gasteiger partial charge in [-0.25, -0.2) is 8.42 Å². The SMILES string of the molecule is CC1COCCN1S(=O)(=O)c1ccc(CCN)cc1. The second-order valence-electron chi connectivity index (χ2n) is 4.72. The normalized spacial score (nSPS) is 21.5. The Bertz CT molecular complexity index is 513. The second-order valence-corrected chi connectivity index (χ2v) is 6.61. The van der Waals surface area contributed by atoms with Crippen LogP contribution < -0.4 is 5.73 Å². The van der Waals surface area contributed by atoms with Crippen molar-refractivity contribution in [3.05, 3.63) is 29.8 Å². The van der Waals surface area contributed by atoms with Crippen molar-refractivity contribution in [1.82, 2.24) is 4.31 Å². The first-order valence-electron chi connectivity index (χ1n) is 6.44. The summed E-state index contributed by atoms with van der Waals surface area (Å²) in [5.74, 6) is 0. The van der Waals surface area contributed by atoms with Gasteiger partial charge < -0.3 is 10.5 Å². The van der Waals surface area contributed by atoms with Crippen molar-refractivity contribution in [2.75, 3.05) is 26.3 Å². The Morgan fingerprint density at radius 2 is 2.05 bits per heavy atom. The number of hydrogen-bond acceptors (Lipinski definition) is 4. The average molecular weight is 284 g/mol. The monoisotopic (exact) mass is 284 g/mol. The summed E-state index contributed by atoms with van der Waals surface area (Å²) in [6, 6.07) is 6.84. The van der Waals surface area contributed by atoms with Crippen LogP contribution in [0.25, 0.3) is 0 Å². The molecule has 1 unspecified atom stereocenters. The summed E-state index contributed by atoms with van der Waals surface area (Å²) in [6.07, 6.45) is 0.758. The molecule has 0 radical (unpaired) electrons. The van der Waals surface area contributed by atoms with Crippen LogP contribution in [0.1, 0.15) is 12.5 Å². The fourth-order valence-corrected chi connectivity index (χ4v) is 3.80. The first kappa shape index (κ1) is 14.5. The van der Waals surface area contributed by atoms with Crippen molar-refractivity contribution in [1.29, 1.82) is 0 Å². The van der Waals surface area contributed by atoms with Crippen LogP contribution in [0.2, 0.25) is 0 Å². The molecule has 1 aliphatic heterocycles. The molecule has 1 aromatic rings. The van der Waals surface area contributed by atoms with Crippen molar-refractivity contribution in [2.24, 2.45) is 5.73 Å². The predicted molar refractivity (Wildman–Crippen MR) is 73.4 cm³/mol. The van der Waals surface area contributed by atoms with Crippen LogP contribution >= 0.6 is 0 Å². The molecule has 2 N–H and O–H groups in total. The number of benzene rings is 1. The zero-order valence-electron chi connectivity index (χ0n) is 11.1. The summed E-state index contributed by atoms with van der Waals surface area (Å²) < 4.78 is 31.8. The lowest BCUT2D eigenvalue weighted by Gasteiger charge is -2.32. The van der Waals surface area contributed by atoms with Gasteiger partial charge in [0.2, 0.25) is 10.0 Å². The van der Waals surface area contributed by atoms with E-state index < -0.39 is 10.0 Å². The third-order valence-corrected chi connectivity index (χ3v) is 5.30. The number of nitrogens with zero attached hydrogens (tertiary/aromatic N) is 1. The number of sulfonamides is 1. The lowest BCUT2D eigenvalue weighted by Crippen LogP contribution is -2.46. The fraction of sp³-hybridized carbons (Fsp3) is 0.538. The van der Waals surface area contributed by atoms with Gasteiger partial charge in [0.25, 0.3) is 0 Å². The Labute approximate surface area is 114 Å². The van der Waals surface area contributed by atoms with E-state index in [1.807, 2.05) is 19.1 Å². The van der Waals surface area contributed by atoms with Gasteiger partial charge in [-0.2, -0.15) is 4.31 Å². The molecule has 0 aliphatic carbocycles. The van der Waals surface area contributed by atoms with Gasteiger partial charge in [0, 0.05) is 12.6 Å². The van der Waals surface area contributed by atoms with E-state index in [-0.39, 0.29) is 6.04 Å². The van der Waals surface area contributed by atoms with Gasteiger partial charge in [-0.05, 0) is 37.6 Å². The van der Waals surface area contributed by atoms with E-state index in [1.165, 1.54) is 4.31 Å². The van der Waals surface area contributed by atoms with E-state index in [1.54, 1.807) is 12.1 Å². The molecule has 1 aliphatic rings. The molecule has 1 fully saturated rings. The fourth-order valence-electron chi connectivity index (χ4n) is 2.20. The maximum atomic E-state index is 12.5. The molecule has 0 amide bonds. The zero-order valence-corrected chi connectivity index (χ0v) is 11.9. The van der Waals surface area contributed by atoms with E-state index in [2.05, 4.69) is 0 Å². The van der Waals surface area contributed by atoms with Gasteiger partial charge in [-0.3, -0.25) is 0 Å². The highest BCUT2D eigenvalue weighted by Gasteiger charge is 2.31. The first-order valence-corrected chi connectivity index (χ1v) is 7.88. The summed E-state index contributed by atoms with van der Waals surface area (Å²) in [7, 11) is -3.42. The van der Waals surface area contributed by atoms with Crippen LogP contribution in [0.15, 0.2) is 29.2 Å². The summed E-state index contributed by atoms with van der Waals surface area (Å²) in [4.78, 5) is 0.335. The molecule has 5 nitrogen and oxygen atoms in total. The van der Waals surface area contributed by atoms with Crippen LogP contribution in [0, 0.1) is 0 Å². The van der Waals surface area contributed by atoms with Gasteiger partial charge >= 0.3 is 0 Å². The maximum absolute atomic E-state index is 12.5. The number of hydrogen-bond donors (Lipinski definition) is 1. The number of ether oxygens (including phenoxy) is 1. The van der Waals surface area contributed by atoms with E-state index in [4.69, 9.17) is 10.5 Å². The Balaban J connectivity index is 2.23. The molecule has 0 saturated carbocycles. The van der Waals surface area contributed by atoms with Crippen molar-refractivity contribution in [3.63, 3.8) is 0 Å². The topological polar surface area (TPSA) is 72.6 Å². The van der Waals surface area contributed by atoms with E-state index in [9.17, 15) is 8.42 Å². The van der Waals surface area contributed by atoms with Crippen LogP contribution in [0.5, 0.6) is 0 Å². The summed E-state index contributed by atoms with van der Waals surface area (Å²) in [5.41, 5.74) is 6.53. The highest BCUT2D eigenvalue weighted by atomic mass is 32.2. The van der Waals surface area contributed by atoms with Gasteiger partial charge in [0.05, 0.1) is 18.1 Å². The third kappa shape index (κ3) is 3.14. The zero-order chi connectivity index (χ0) is 13.9. The number of nitrogens with two attached hydrogens (primary N) is 1. The summed E-state index contributed by atoms with van der Waals surface area (Å²) >= 11 is 0. The number of morpholine rings is 1. The van der Waals surface area contributed by atoms with Gasteiger partial charge in [0.1, 0.15) is 0 Å². The standard InChI is InChI=1S/C13H20N2O3S/c1-11-10-18-9-8-15(11)19(16,17)13-4-2-12(3-5-13)6-7-14/h2-5,11H,6-10,14H2,1H3. The molecule has 19 heavy (non-hydrogen) atoms. The minimum Gasteiger partial charge on any atom is -0.378 e. The molecule has 1 saturated heterocycles. The molecule has 6 heteroatoms. The molecule has 2 rings (SSSR count). The summed E-state index contributed by atoms with van der Waals surface area (Å²) in [5, 5.41) is 0. The molecule has 106 valence electrons. The highest BCUT2D eigenvalue weighted by Crippen LogP contribution is 2.20. The molecule has 1 heterocycles. The average Bonchev–Trinajstić information content (AvgIpc) is 2.40. The van der Waals surface area contributed by atoms with Crippen LogP contribution in [-0.4, -0.2) is 45.1 Å². The molecular weight excluding hydrogens is 264 g/mol. The lowest BCUT2D eigenvalue weighted by molar-refractivity contribution is 0.0393. The van der Waals surface area contributed by atoms with Gasteiger partial charge in [-0.1, -0.05) is 12.1 Å². The van der Waals surface area contributed by atoms with Crippen LogP contribution in [0.3, 0.4) is 0 Å². The van der Waals surface area contributed by atoms with Crippen molar-refractivity contribution in [2.45, 2.75) is 24.3 Å². The van der Waals surface area contributed by atoms with Crippen LogP contribution in [0.4, 0.5) is 0 Å². The molecular formula is C13H20N2O3S. The quantitative estimate of drug-likeness (QED) is 0.878. The molecule has 1 atom stereocenters. The molecule has 0 bridgehead atoms. The Hall–Kier alpha value is -0.950. The second kappa shape index (κ2) is 6.00. The van der Waals surface area contributed by atoms with Gasteiger partial charge in [0.15, 0.2) is 0 Å². The largest absolute Gasteiger partial charge is 0.378 e. The Morgan fingerprint density at radius 1 is 1.37 bits per heavy atom. The lowest BCUT2D eigenvalue weighted by atomic mass is 10.2. The van der Waals surface area contributed by atoms with E-state index >= 15 is 0 Å². The third-order valence-electron chi connectivity index (χ3n) is 3.27.